The van der Waals surface area contributed by atoms with E-state index in [1.54, 1.807) is 6.07 Å². The van der Waals surface area contributed by atoms with Crippen molar-refractivity contribution >= 4 is 5.91 Å². The van der Waals surface area contributed by atoms with Gasteiger partial charge in [0.05, 0.1) is 18.6 Å². The topological polar surface area (TPSA) is 38.8 Å². The molecule has 138 valence electrons. The third-order valence-electron chi connectivity index (χ3n) is 5.55. The summed E-state index contributed by atoms with van der Waals surface area (Å²) in [5, 5.41) is 0. The molecule has 1 aromatic rings. The van der Waals surface area contributed by atoms with Crippen molar-refractivity contribution in [2.24, 2.45) is 5.41 Å². The van der Waals surface area contributed by atoms with Gasteiger partial charge in [-0.3, -0.25) is 4.79 Å². The lowest BCUT2D eigenvalue weighted by atomic mass is 9.73. The number of hydrogen-bond acceptors (Lipinski definition) is 3. The van der Waals surface area contributed by atoms with Crippen LogP contribution in [0.1, 0.15) is 44.1 Å². The van der Waals surface area contributed by atoms with Crippen LogP contribution in [0.3, 0.4) is 0 Å². The number of rotatable bonds is 7. The molecule has 3 rings (SSSR count). The van der Waals surface area contributed by atoms with Gasteiger partial charge < -0.3 is 14.4 Å². The molecule has 2 fully saturated rings. The number of hydrogen-bond donors (Lipinski definition) is 0. The number of nitrogens with zero attached hydrogens (tertiary/aromatic N) is 1. The summed E-state index contributed by atoms with van der Waals surface area (Å²) in [5.74, 6) is 0.589. The molecule has 1 heterocycles. The first-order valence-electron chi connectivity index (χ1n) is 9.37. The molecule has 1 aliphatic carbocycles. The Morgan fingerprint density at radius 2 is 1.92 bits per heavy atom. The molecule has 5 heteroatoms. The summed E-state index contributed by atoms with van der Waals surface area (Å²) in [6, 6.07) is 4.51. The highest BCUT2D eigenvalue weighted by Crippen LogP contribution is 2.44. The Labute approximate surface area is 149 Å². The maximum absolute atomic E-state index is 13.2. The molecule has 0 aromatic heterocycles. The van der Waals surface area contributed by atoms with E-state index in [0.29, 0.717) is 38.0 Å². The minimum Gasteiger partial charge on any atom is -0.491 e. The Balaban J connectivity index is 1.34. The molecule has 1 saturated heterocycles. The van der Waals surface area contributed by atoms with E-state index in [4.69, 9.17) is 9.47 Å². The fourth-order valence-corrected chi connectivity index (χ4v) is 4.02. The maximum Gasteiger partial charge on any atom is 0.228 e. The second-order valence-corrected chi connectivity index (χ2v) is 7.25. The van der Waals surface area contributed by atoms with Crippen molar-refractivity contribution in [1.82, 2.24) is 4.90 Å². The molecule has 1 aliphatic heterocycles. The number of ether oxygens (including phenoxy) is 2. The number of carbonyl (C=O) groups is 1. The Kier molecular flexibility index (Phi) is 5.94. The Morgan fingerprint density at radius 3 is 2.72 bits per heavy atom. The van der Waals surface area contributed by atoms with Gasteiger partial charge in [0, 0.05) is 19.2 Å². The molecule has 1 amide bonds. The van der Waals surface area contributed by atoms with Gasteiger partial charge in [-0.2, -0.15) is 0 Å². The number of halogens is 1. The summed E-state index contributed by atoms with van der Waals surface area (Å²) in [6.45, 7) is 4.73. The second-order valence-electron chi connectivity index (χ2n) is 7.25. The first-order chi connectivity index (χ1) is 12.1. The summed E-state index contributed by atoms with van der Waals surface area (Å²) in [6.07, 6.45) is 6.77. The van der Waals surface area contributed by atoms with Gasteiger partial charge in [-0.25, -0.2) is 4.39 Å². The Hall–Kier alpha value is -1.62. The number of aryl methyl sites for hydroxylation is 1. The van der Waals surface area contributed by atoms with Gasteiger partial charge in [0.25, 0.3) is 0 Å². The van der Waals surface area contributed by atoms with Crippen LogP contribution in [0.25, 0.3) is 0 Å². The average molecular weight is 349 g/mol. The molecule has 25 heavy (non-hydrogen) atoms. The van der Waals surface area contributed by atoms with Gasteiger partial charge >= 0.3 is 0 Å². The van der Waals surface area contributed by atoms with Crippen molar-refractivity contribution < 1.29 is 18.7 Å². The van der Waals surface area contributed by atoms with Crippen LogP contribution >= 0.6 is 0 Å². The largest absolute Gasteiger partial charge is 0.491 e. The minimum atomic E-state index is -0.300. The van der Waals surface area contributed by atoms with Crippen LogP contribution in [-0.4, -0.2) is 43.7 Å². The minimum absolute atomic E-state index is 0.0593. The van der Waals surface area contributed by atoms with E-state index in [9.17, 15) is 9.18 Å². The van der Waals surface area contributed by atoms with Gasteiger partial charge in [-0.05, 0) is 37.8 Å². The first-order valence-corrected chi connectivity index (χ1v) is 9.37. The van der Waals surface area contributed by atoms with Crippen molar-refractivity contribution in [2.45, 2.75) is 45.4 Å². The van der Waals surface area contributed by atoms with Crippen molar-refractivity contribution in [2.75, 3.05) is 32.9 Å². The summed E-state index contributed by atoms with van der Waals surface area (Å²) in [4.78, 5) is 14.6. The van der Waals surface area contributed by atoms with Gasteiger partial charge in [0.2, 0.25) is 5.91 Å². The molecule has 1 saturated carbocycles. The summed E-state index contributed by atoms with van der Waals surface area (Å²) in [5.41, 5.74) is 0.845. The number of carbonyl (C=O) groups excluding carboxylic acids is 1. The van der Waals surface area contributed by atoms with E-state index in [1.807, 2.05) is 11.8 Å². The van der Waals surface area contributed by atoms with Crippen molar-refractivity contribution in [3.05, 3.63) is 29.6 Å². The molecule has 0 unspecified atom stereocenters. The van der Waals surface area contributed by atoms with Gasteiger partial charge in [-0.15, -0.1) is 0 Å². The fraction of sp³-hybridized carbons (Fsp3) is 0.650. The lowest BCUT2D eigenvalue weighted by Gasteiger charge is -2.31. The third-order valence-corrected chi connectivity index (χ3v) is 5.55. The van der Waals surface area contributed by atoms with E-state index >= 15 is 0 Å². The van der Waals surface area contributed by atoms with E-state index in [-0.39, 0.29) is 11.2 Å². The van der Waals surface area contributed by atoms with Crippen molar-refractivity contribution in [3.8, 4) is 5.75 Å². The maximum atomic E-state index is 13.2. The average Bonchev–Trinajstić information content (AvgIpc) is 2.91. The predicted octanol–water partition coefficient (Wildman–Crippen LogP) is 3.71. The Morgan fingerprint density at radius 1 is 1.12 bits per heavy atom. The van der Waals surface area contributed by atoms with Crippen LogP contribution in [-0.2, 0) is 9.53 Å². The number of benzene rings is 1. The van der Waals surface area contributed by atoms with E-state index in [2.05, 4.69) is 0 Å². The van der Waals surface area contributed by atoms with Gasteiger partial charge in [0.1, 0.15) is 18.2 Å². The zero-order chi connectivity index (χ0) is 17.7. The zero-order valence-electron chi connectivity index (χ0n) is 15.1. The van der Waals surface area contributed by atoms with Crippen LogP contribution in [0.15, 0.2) is 18.2 Å². The summed E-state index contributed by atoms with van der Waals surface area (Å²) >= 11 is 0. The normalized spacial score (nSPS) is 19.6. The molecule has 4 nitrogen and oxygen atoms in total. The van der Waals surface area contributed by atoms with Crippen LogP contribution in [0.5, 0.6) is 5.75 Å². The van der Waals surface area contributed by atoms with E-state index < -0.39 is 0 Å². The lowest BCUT2D eigenvalue weighted by molar-refractivity contribution is -0.138. The van der Waals surface area contributed by atoms with Crippen molar-refractivity contribution in [1.29, 1.82) is 0 Å². The Bertz CT molecular complexity index is 599. The highest BCUT2D eigenvalue weighted by molar-refractivity contribution is 5.84. The molecular formula is C20H28FNO3. The number of likely N-dealkylation sites (tertiary alicyclic amines) is 1. The molecular weight excluding hydrogens is 321 g/mol. The van der Waals surface area contributed by atoms with Crippen LogP contribution < -0.4 is 4.74 Å². The first kappa shape index (κ1) is 18.2. The summed E-state index contributed by atoms with van der Waals surface area (Å²) in [7, 11) is 0. The van der Waals surface area contributed by atoms with Gasteiger partial charge in [-0.1, -0.05) is 25.3 Å². The standard InChI is InChI=1S/C20H28FNO3/c1-16-5-6-17(21)15-18(16)25-14-13-24-12-11-22-10-9-20(19(22)23)7-3-2-4-8-20/h5-6,15H,2-4,7-14H2,1H3. The number of amides is 1. The molecule has 1 spiro atoms. The molecule has 0 atom stereocenters. The molecule has 0 N–H and O–H groups in total. The second kappa shape index (κ2) is 8.17. The summed E-state index contributed by atoms with van der Waals surface area (Å²) < 4.78 is 24.3. The monoisotopic (exact) mass is 349 g/mol. The quantitative estimate of drug-likeness (QED) is 0.705. The lowest BCUT2D eigenvalue weighted by Crippen LogP contribution is -2.37. The molecule has 0 bridgehead atoms. The van der Waals surface area contributed by atoms with Crippen molar-refractivity contribution in [3.63, 3.8) is 0 Å². The zero-order valence-corrected chi connectivity index (χ0v) is 15.1. The SMILES string of the molecule is Cc1ccc(F)cc1OCCOCCN1CCC2(CCCCC2)C1=O. The van der Waals surface area contributed by atoms with E-state index in [0.717, 1.165) is 31.4 Å². The third kappa shape index (κ3) is 4.32. The fourth-order valence-electron chi connectivity index (χ4n) is 4.02. The highest BCUT2D eigenvalue weighted by Gasteiger charge is 2.46. The molecule has 1 aromatic carbocycles. The van der Waals surface area contributed by atoms with E-state index in [1.165, 1.54) is 31.4 Å². The molecule has 2 aliphatic rings. The molecule has 0 radical (unpaired) electrons. The van der Waals surface area contributed by atoms with Crippen LogP contribution in [0.4, 0.5) is 4.39 Å². The van der Waals surface area contributed by atoms with Crippen LogP contribution in [0, 0.1) is 18.2 Å². The van der Waals surface area contributed by atoms with Gasteiger partial charge in [0.15, 0.2) is 0 Å². The predicted molar refractivity (Wildman–Crippen MR) is 94.2 cm³/mol. The van der Waals surface area contributed by atoms with Crippen LogP contribution in [0.2, 0.25) is 0 Å². The smallest absolute Gasteiger partial charge is 0.228 e. The highest BCUT2D eigenvalue weighted by atomic mass is 19.1.